The van der Waals surface area contributed by atoms with Crippen LogP contribution in [0.1, 0.15) is 31.7 Å². The van der Waals surface area contributed by atoms with Crippen LogP contribution in [0.3, 0.4) is 0 Å². The number of hydrogen-bond donors (Lipinski definition) is 1. The molecule has 0 unspecified atom stereocenters. The van der Waals surface area contributed by atoms with Gasteiger partial charge in [-0.2, -0.15) is 0 Å². The Morgan fingerprint density at radius 1 is 1.09 bits per heavy atom. The van der Waals surface area contributed by atoms with Crippen molar-refractivity contribution < 1.29 is 27.5 Å². The first-order valence-electron chi connectivity index (χ1n) is 10.9. The van der Waals surface area contributed by atoms with Gasteiger partial charge in [0.25, 0.3) is 0 Å². The first-order chi connectivity index (χ1) is 15.7. The van der Waals surface area contributed by atoms with Gasteiger partial charge in [0.15, 0.2) is 9.84 Å². The van der Waals surface area contributed by atoms with E-state index in [1.807, 2.05) is 6.92 Å². The first-order valence-corrected chi connectivity index (χ1v) is 12.6. The van der Waals surface area contributed by atoms with E-state index in [0.717, 1.165) is 24.1 Å². The minimum atomic E-state index is -3.67. The molecule has 0 bridgehead atoms. The zero-order valence-corrected chi connectivity index (χ0v) is 19.8. The predicted octanol–water partition coefficient (Wildman–Crippen LogP) is 3.19. The standard InChI is InChI=1S/C24H28N2O6S/c1-15-12-17-13-19(7-9-21(17)26(15)24(28)16-4-5-16)33(29,30)11-10-23(27)25-20-8-6-18(31-2)14-22(20)32-3/h6-9,13-16H,4-5,10-12H2,1-3H3,(H,25,27)/t15-/m1/s1. The third-order valence-electron chi connectivity index (χ3n) is 6.07. The van der Waals surface area contributed by atoms with Gasteiger partial charge in [-0.15, -0.1) is 0 Å². The van der Waals surface area contributed by atoms with Crippen LogP contribution in [0, 0.1) is 5.92 Å². The molecular weight excluding hydrogens is 444 g/mol. The Hall–Kier alpha value is -3.07. The van der Waals surface area contributed by atoms with Gasteiger partial charge >= 0.3 is 0 Å². The van der Waals surface area contributed by atoms with Gasteiger partial charge in [0, 0.05) is 30.1 Å². The third-order valence-corrected chi connectivity index (χ3v) is 7.78. The van der Waals surface area contributed by atoms with Crippen molar-refractivity contribution in [3.05, 3.63) is 42.0 Å². The zero-order valence-electron chi connectivity index (χ0n) is 19.0. The van der Waals surface area contributed by atoms with E-state index < -0.39 is 15.7 Å². The Kier molecular flexibility index (Phi) is 6.34. The fraction of sp³-hybridized carbons (Fsp3) is 0.417. The number of nitrogens with one attached hydrogen (secondary N) is 1. The Balaban J connectivity index is 1.43. The Labute approximate surface area is 193 Å². The molecule has 0 spiro atoms. The summed E-state index contributed by atoms with van der Waals surface area (Å²) in [6.07, 6.45) is 2.27. The van der Waals surface area contributed by atoms with Crippen LogP contribution >= 0.6 is 0 Å². The number of rotatable bonds is 8. The van der Waals surface area contributed by atoms with Crippen LogP contribution in [0.25, 0.3) is 0 Å². The van der Waals surface area contributed by atoms with Crippen LogP contribution in [-0.2, 0) is 25.8 Å². The highest BCUT2D eigenvalue weighted by atomic mass is 32.2. The molecule has 1 N–H and O–H groups in total. The number of benzene rings is 2. The summed E-state index contributed by atoms with van der Waals surface area (Å²) in [5, 5.41) is 2.69. The van der Waals surface area contributed by atoms with Gasteiger partial charge in [-0.05, 0) is 62.1 Å². The molecule has 1 aliphatic heterocycles. The summed E-state index contributed by atoms with van der Waals surface area (Å²) in [7, 11) is -0.667. The second-order valence-corrected chi connectivity index (χ2v) is 10.6. The van der Waals surface area contributed by atoms with Crippen LogP contribution in [0.4, 0.5) is 11.4 Å². The van der Waals surface area contributed by atoms with Gasteiger partial charge in [0.05, 0.1) is 30.6 Å². The number of carbonyl (C=O) groups is 2. The topological polar surface area (TPSA) is 102 Å². The molecule has 0 saturated heterocycles. The molecule has 4 rings (SSSR count). The van der Waals surface area contributed by atoms with Crippen molar-refractivity contribution in [1.29, 1.82) is 0 Å². The number of sulfone groups is 1. The molecule has 1 heterocycles. The van der Waals surface area contributed by atoms with Crippen LogP contribution in [0.2, 0.25) is 0 Å². The average Bonchev–Trinajstić information content (AvgIpc) is 3.59. The molecule has 2 aromatic carbocycles. The summed E-state index contributed by atoms with van der Waals surface area (Å²) in [6, 6.07) is 9.85. The van der Waals surface area contributed by atoms with E-state index in [1.165, 1.54) is 20.3 Å². The van der Waals surface area contributed by atoms with Crippen molar-refractivity contribution in [2.45, 2.75) is 43.5 Å². The van der Waals surface area contributed by atoms with Gasteiger partial charge in [-0.1, -0.05) is 0 Å². The average molecular weight is 473 g/mol. The van der Waals surface area contributed by atoms with E-state index in [-0.39, 0.29) is 34.9 Å². The largest absolute Gasteiger partial charge is 0.497 e. The maximum Gasteiger partial charge on any atom is 0.230 e. The molecule has 1 atom stereocenters. The van der Waals surface area contributed by atoms with Crippen LogP contribution in [-0.4, -0.2) is 46.2 Å². The third kappa shape index (κ3) is 4.83. The van der Waals surface area contributed by atoms with E-state index in [0.29, 0.717) is 23.6 Å². The Morgan fingerprint density at radius 3 is 2.52 bits per heavy atom. The molecule has 2 amide bonds. The molecule has 176 valence electrons. The lowest BCUT2D eigenvalue weighted by atomic mass is 10.1. The summed E-state index contributed by atoms with van der Waals surface area (Å²) in [6.45, 7) is 1.98. The molecule has 33 heavy (non-hydrogen) atoms. The quantitative estimate of drug-likeness (QED) is 0.633. The first kappa shape index (κ1) is 23.1. The number of ether oxygens (including phenoxy) is 2. The maximum atomic E-state index is 12.9. The van der Waals surface area contributed by atoms with Gasteiger partial charge in [-0.25, -0.2) is 8.42 Å². The highest BCUT2D eigenvalue weighted by molar-refractivity contribution is 7.91. The summed E-state index contributed by atoms with van der Waals surface area (Å²) in [5.41, 5.74) is 2.08. The van der Waals surface area contributed by atoms with Crippen molar-refractivity contribution in [3.63, 3.8) is 0 Å². The normalized spacial score (nSPS) is 17.4. The molecule has 2 aromatic rings. The number of nitrogens with zero attached hydrogens (tertiary/aromatic N) is 1. The molecule has 8 nitrogen and oxygen atoms in total. The molecule has 0 aromatic heterocycles. The molecule has 1 fully saturated rings. The minimum absolute atomic E-state index is 0.0105. The highest BCUT2D eigenvalue weighted by Crippen LogP contribution is 2.39. The number of anilines is 2. The second kappa shape index (κ2) is 9.05. The Bertz CT molecular complexity index is 1190. The molecular formula is C24H28N2O6S. The number of methoxy groups -OCH3 is 2. The van der Waals surface area contributed by atoms with Gasteiger partial charge < -0.3 is 19.7 Å². The SMILES string of the molecule is COc1ccc(NC(=O)CCS(=O)(=O)c2ccc3c(c2)C[C@@H](C)N3C(=O)C2CC2)c(OC)c1. The summed E-state index contributed by atoms with van der Waals surface area (Å²) >= 11 is 0. The van der Waals surface area contributed by atoms with Crippen molar-refractivity contribution in [3.8, 4) is 11.5 Å². The van der Waals surface area contributed by atoms with Gasteiger partial charge in [-0.3, -0.25) is 9.59 Å². The fourth-order valence-corrected chi connectivity index (χ4v) is 5.41. The van der Waals surface area contributed by atoms with Crippen molar-refractivity contribution in [1.82, 2.24) is 0 Å². The van der Waals surface area contributed by atoms with Crippen LogP contribution in [0.15, 0.2) is 41.3 Å². The maximum absolute atomic E-state index is 12.9. The zero-order chi connectivity index (χ0) is 23.8. The molecule has 2 aliphatic rings. The van der Waals surface area contributed by atoms with Crippen LogP contribution in [0.5, 0.6) is 11.5 Å². The van der Waals surface area contributed by atoms with E-state index in [1.54, 1.807) is 35.2 Å². The monoisotopic (exact) mass is 472 g/mol. The minimum Gasteiger partial charge on any atom is -0.497 e. The van der Waals surface area contributed by atoms with E-state index >= 15 is 0 Å². The van der Waals surface area contributed by atoms with Crippen molar-refractivity contribution >= 4 is 33.0 Å². The van der Waals surface area contributed by atoms with Crippen LogP contribution < -0.4 is 19.7 Å². The van der Waals surface area contributed by atoms with Crippen molar-refractivity contribution in [2.75, 3.05) is 30.2 Å². The smallest absolute Gasteiger partial charge is 0.230 e. The fourth-order valence-electron chi connectivity index (χ4n) is 4.12. The number of fused-ring (bicyclic) bond motifs is 1. The number of hydrogen-bond acceptors (Lipinski definition) is 6. The van der Waals surface area contributed by atoms with E-state index in [4.69, 9.17) is 9.47 Å². The van der Waals surface area contributed by atoms with Gasteiger partial charge in [0.2, 0.25) is 11.8 Å². The molecule has 1 aliphatic carbocycles. The predicted molar refractivity (Wildman–Crippen MR) is 125 cm³/mol. The lowest BCUT2D eigenvalue weighted by Gasteiger charge is -2.22. The van der Waals surface area contributed by atoms with E-state index in [9.17, 15) is 18.0 Å². The van der Waals surface area contributed by atoms with E-state index in [2.05, 4.69) is 5.32 Å². The molecule has 1 saturated carbocycles. The lowest BCUT2D eigenvalue weighted by Crippen LogP contribution is -2.36. The molecule has 0 radical (unpaired) electrons. The van der Waals surface area contributed by atoms with Gasteiger partial charge in [0.1, 0.15) is 11.5 Å². The second-order valence-electron chi connectivity index (χ2n) is 8.51. The summed E-state index contributed by atoms with van der Waals surface area (Å²) in [5.74, 6) is 0.473. The molecule has 9 heteroatoms. The highest BCUT2D eigenvalue weighted by Gasteiger charge is 2.39. The Morgan fingerprint density at radius 2 is 1.85 bits per heavy atom. The number of amides is 2. The lowest BCUT2D eigenvalue weighted by molar-refractivity contribution is -0.120. The summed E-state index contributed by atoms with van der Waals surface area (Å²) < 4.78 is 36.2. The summed E-state index contributed by atoms with van der Waals surface area (Å²) in [4.78, 5) is 27.0. The number of carbonyl (C=O) groups excluding carboxylic acids is 2. The van der Waals surface area contributed by atoms with Crippen molar-refractivity contribution in [2.24, 2.45) is 5.92 Å².